The molecule has 0 bridgehead atoms. The highest BCUT2D eigenvalue weighted by molar-refractivity contribution is 5.96. The third-order valence-corrected chi connectivity index (χ3v) is 4.61. The van der Waals surface area contributed by atoms with E-state index in [4.69, 9.17) is 8.83 Å². The maximum Gasteiger partial charge on any atom is 0.339 e. The maximum absolute atomic E-state index is 12.3. The second kappa shape index (κ2) is 5.64. The van der Waals surface area contributed by atoms with Crippen molar-refractivity contribution >= 4 is 21.9 Å². The largest absolute Gasteiger partial charge is 0.461 e. The van der Waals surface area contributed by atoms with Crippen LogP contribution in [0.25, 0.3) is 21.9 Å². The van der Waals surface area contributed by atoms with E-state index in [1.54, 1.807) is 0 Å². The van der Waals surface area contributed by atoms with Crippen LogP contribution in [0.5, 0.6) is 0 Å². The van der Waals surface area contributed by atoms with Crippen molar-refractivity contribution in [2.75, 3.05) is 0 Å². The Morgan fingerprint density at radius 1 is 0.909 bits per heavy atom. The summed E-state index contributed by atoms with van der Waals surface area (Å²) in [5, 5.41) is 2.11. The molecular formula is C19H22O3. The topological polar surface area (TPSA) is 43.4 Å². The van der Waals surface area contributed by atoms with E-state index in [9.17, 15) is 4.79 Å². The van der Waals surface area contributed by atoms with Gasteiger partial charge < -0.3 is 8.83 Å². The van der Waals surface area contributed by atoms with Crippen LogP contribution in [0, 0.1) is 20.8 Å². The molecule has 0 aliphatic heterocycles. The predicted molar refractivity (Wildman–Crippen MR) is 89.7 cm³/mol. The first-order chi connectivity index (χ1) is 10.5. The minimum Gasteiger partial charge on any atom is -0.461 e. The molecule has 3 rings (SSSR count). The predicted octanol–water partition coefficient (Wildman–Crippen LogP) is 5.20. The van der Waals surface area contributed by atoms with Gasteiger partial charge in [-0.2, -0.15) is 0 Å². The lowest BCUT2D eigenvalue weighted by atomic mass is 9.99. The van der Waals surface area contributed by atoms with E-state index < -0.39 is 0 Å². The SMILES string of the molecule is CCCCCc1c(C)c2cc3c(C)c(C)oc3cc2oc1=O. The zero-order valence-corrected chi connectivity index (χ0v) is 13.7. The van der Waals surface area contributed by atoms with Crippen LogP contribution in [0.3, 0.4) is 0 Å². The molecule has 0 N–H and O–H groups in total. The molecular weight excluding hydrogens is 276 g/mol. The third kappa shape index (κ3) is 2.35. The average molecular weight is 298 g/mol. The smallest absolute Gasteiger partial charge is 0.339 e. The van der Waals surface area contributed by atoms with E-state index in [-0.39, 0.29) is 5.63 Å². The summed E-state index contributed by atoms with van der Waals surface area (Å²) < 4.78 is 11.3. The van der Waals surface area contributed by atoms with Gasteiger partial charge in [0, 0.05) is 22.4 Å². The molecule has 116 valence electrons. The van der Waals surface area contributed by atoms with Crippen molar-refractivity contribution in [2.24, 2.45) is 0 Å². The van der Waals surface area contributed by atoms with E-state index in [1.807, 2.05) is 19.9 Å². The highest BCUT2D eigenvalue weighted by atomic mass is 16.4. The first-order valence-electron chi connectivity index (χ1n) is 7.99. The van der Waals surface area contributed by atoms with Gasteiger partial charge >= 0.3 is 5.63 Å². The molecule has 0 spiro atoms. The van der Waals surface area contributed by atoms with Crippen molar-refractivity contribution in [2.45, 2.75) is 53.4 Å². The summed E-state index contributed by atoms with van der Waals surface area (Å²) in [5.74, 6) is 0.911. The summed E-state index contributed by atoms with van der Waals surface area (Å²) in [6, 6.07) is 3.94. The lowest BCUT2D eigenvalue weighted by molar-refractivity contribution is 0.541. The maximum atomic E-state index is 12.3. The molecule has 0 aliphatic rings. The van der Waals surface area contributed by atoms with Gasteiger partial charge in [0.2, 0.25) is 0 Å². The van der Waals surface area contributed by atoms with E-state index in [0.717, 1.165) is 64.5 Å². The van der Waals surface area contributed by atoms with Crippen LogP contribution in [-0.2, 0) is 6.42 Å². The summed E-state index contributed by atoms with van der Waals surface area (Å²) in [4.78, 5) is 12.3. The molecule has 3 heteroatoms. The molecule has 1 aromatic carbocycles. The molecule has 0 saturated heterocycles. The fraction of sp³-hybridized carbons (Fsp3) is 0.421. The van der Waals surface area contributed by atoms with Crippen LogP contribution in [0.1, 0.15) is 48.6 Å². The molecule has 2 aromatic heterocycles. The van der Waals surface area contributed by atoms with Gasteiger partial charge in [-0.3, -0.25) is 0 Å². The van der Waals surface area contributed by atoms with Crippen LogP contribution < -0.4 is 5.63 Å². The quantitative estimate of drug-likeness (QED) is 0.491. The summed E-state index contributed by atoms with van der Waals surface area (Å²) in [5.41, 5.74) is 4.20. The molecule has 0 fully saturated rings. The fourth-order valence-electron chi connectivity index (χ4n) is 3.07. The van der Waals surface area contributed by atoms with Crippen molar-refractivity contribution in [3.63, 3.8) is 0 Å². The van der Waals surface area contributed by atoms with Crippen LogP contribution in [-0.4, -0.2) is 0 Å². The number of aryl methyl sites for hydroxylation is 3. The lowest BCUT2D eigenvalue weighted by Crippen LogP contribution is -2.10. The number of furan rings is 1. The lowest BCUT2D eigenvalue weighted by Gasteiger charge is -2.07. The Kier molecular flexibility index (Phi) is 3.81. The van der Waals surface area contributed by atoms with Crippen LogP contribution in [0.2, 0.25) is 0 Å². The van der Waals surface area contributed by atoms with Crippen molar-refractivity contribution in [3.8, 4) is 0 Å². The minimum atomic E-state index is -0.208. The molecule has 0 aliphatic carbocycles. The first kappa shape index (κ1) is 14.9. The third-order valence-electron chi connectivity index (χ3n) is 4.61. The summed E-state index contributed by atoms with van der Waals surface area (Å²) in [7, 11) is 0. The molecule has 0 saturated carbocycles. The normalized spacial score (nSPS) is 11.6. The fourth-order valence-corrected chi connectivity index (χ4v) is 3.07. The van der Waals surface area contributed by atoms with Crippen molar-refractivity contribution in [1.82, 2.24) is 0 Å². The number of hydrogen-bond acceptors (Lipinski definition) is 3. The summed E-state index contributed by atoms with van der Waals surface area (Å²) in [6.45, 7) is 8.20. The van der Waals surface area contributed by atoms with Crippen molar-refractivity contribution < 1.29 is 8.83 Å². The first-order valence-corrected chi connectivity index (χ1v) is 7.99. The van der Waals surface area contributed by atoms with Gasteiger partial charge in [0.1, 0.15) is 16.9 Å². The Bertz CT molecular complexity index is 897. The summed E-state index contributed by atoms with van der Waals surface area (Å²) in [6.07, 6.45) is 4.10. The van der Waals surface area contributed by atoms with E-state index >= 15 is 0 Å². The van der Waals surface area contributed by atoms with E-state index in [1.165, 1.54) is 0 Å². The molecule has 3 nitrogen and oxygen atoms in total. The minimum absolute atomic E-state index is 0.208. The van der Waals surface area contributed by atoms with Gasteiger partial charge in [0.15, 0.2) is 0 Å². The standard InChI is InChI=1S/C19H22O3/c1-5-6-7-8-14-12(3)16-9-15-11(2)13(4)21-17(15)10-18(16)22-19(14)20/h9-10H,5-8H2,1-4H3. The highest BCUT2D eigenvalue weighted by Crippen LogP contribution is 2.31. The van der Waals surface area contributed by atoms with Crippen LogP contribution in [0.4, 0.5) is 0 Å². The second-order valence-electron chi connectivity index (χ2n) is 6.08. The van der Waals surface area contributed by atoms with Crippen LogP contribution >= 0.6 is 0 Å². The molecule has 2 heterocycles. The summed E-state index contributed by atoms with van der Waals surface area (Å²) >= 11 is 0. The second-order valence-corrected chi connectivity index (χ2v) is 6.08. The molecule has 0 amide bonds. The van der Waals surface area contributed by atoms with Gasteiger partial charge in [0.05, 0.1) is 0 Å². The highest BCUT2D eigenvalue weighted by Gasteiger charge is 2.15. The monoisotopic (exact) mass is 298 g/mol. The van der Waals surface area contributed by atoms with Gasteiger partial charge in [-0.1, -0.05) is 19.8 Å². The zero-order chi connectivity index (χ0) is 15.9. The molecule has 3 aromatic rings. The number of hydrogen-bond donors (Lipinski definition) is 0. The molecule has 0 unspecified atom stereocenters. The Balaban J connectivity index is 2.22. The molecule has 0 atom stereocenters. The van der Waals surface area contributed by atoms with Gasteiger partial charge in [-0.25, -0.2) is 4.79 Å². The van der Waals surface area contributed by atoms with Gasteiger partial charge in [-0.15, -0.1) is 0 Å². The average Bonchev–Trinajstić information content (AvgIpc) is 2.76. The van der Waals surface area contributed by atoms with Gasteiger partial charge in [0.25, 0.3) is 0 Å². The number of benzene rings is 1. The van der Waals surface area contributed by atoms with Crippen molar-refractivity contribution in [1.29, 1.82) is 0 Å². The molecule has 0 radical (unpaired) electrons. The number of rotatable bonds is 4. The molecule has 22 heavy (non-hydrogen) atoms. The zero-order valence-electron chi connectivity index (χ0n) is 13.7. The van der Waals surface area contributed by atoms with Crippen LogP contribution in [0.15, 0.2) is 25.8 Å². The number of fused-ring (bicyclic) bond motifs is 2. The number of unbranched alkanes of at least 4 members (excludes halogenated alkanes) is 2. The Morgan fingerprint density at radius 2 is 1.59 bits per heavy atom. The van der Waals surface area contributed by atoms with E-state index in [2.05, 4.69) is 19.9 Å². The Hall–Kier alpha value is -2.03. The van der Waals surface area contributed by atoms with E-state index in [0.29, 0.717) is 5.58 Å². The van der Waals surface area contributed by atoms with Gasteiger partial charge in [-0.05, 0) is 50.8 Å². The Labute approximate surface area is 129 Å². The Morgan fingerprint density at radius 3 is 2.32 bits per heavy atom. The van der Waals surface area contributed by atoms with Crippen molar-refractivity contribution in [3.05, 3.63) is 45.0 Å².